The molecule has 0 aliphatic heterocycles. The Labute approximate surface area is 189 Å². The molecule has 0 unspecified atom stereocenters. The van der Waals surface area contributed by atoms with Crippen LogP contribution in [0.25, 0.3) is 0 Å². The molecule has 9 heteroatoms. The lowest BCUT2D eigenvalue weighted by Crippen LogP contribution is -2.42. The first-order valence-corrected chi connectivity index (χ1v) is 11.7. The average Bonchev–Trinajstić information content (AvgIpc) is 3.06. The number of nitrogens with one attached hydrogen (secondary N) is 3. The zero-order valence-corrected chi connectivity index (χ0v) is 19.7. The first-order valence-electron chi connectivity index (χ1n) is 11.2. The Morgan fingerprint density at radius 3 is 2.42 bits per heavy atom. The maximum Gasteiger partial charge on any atom is 0.225 e. The van der Waals surface area contributed by atoms with Crippen molar-refractivity contribution in [3.05, 3.63) is 22.7 Å². The topological polar surface area (TPSA) is 91.1 Å². The molecular formula is C22H33N7OS. The van der Waals surface area contributed by atoms with Crippen molar-refractivity contribution in [2.24, 2.45) is 0 Å². The number of nitrogens with zero attached hydrogens (tertiary/aromatic N) is 4. The van der Waals surface area contributed by atoms with Gasteiger partial charge in [-0.25, -0.2) is 4.98 Å². The molecule has 1 saturated carbocycles. The van der Waals surface area contributed by atoms with Crippen LogP contribution in [0.15, 0.2) is 4.52 Å². The van der Waals surface area contributed by atoms with Gasteiger partial charge in [0.15, 0.2) is 10.9 Å². The number of hydrogen-bond donors (Lipinski definition) is 3. The van der Waals surface area contributed by atoms with Gasteiger partial charge in [-0.3, -0.25) is 0 Å². The van der Waals surface area contributed by atoms with Crippen molar-refractivity contribution < 1.29 is 4.52 Å². The summed E-state index contributed by atoms with van der Waals surface area (Å²) in [4.78, 5) is 11.8. The zero-order valence-electron chi connectivity index (χ0n) is 18.9. The van der Waals surface area contributed by atoms with Crippen LogP contribution in [-0.4, -0.2) is 46.4 Å². The van der Waals surface area contributed by atoms with Crippen molar-refractivity contribution in [3.63, 3.8) is 0 Å². The van der Waals surface area contributed by atoms with Gasteiger partial charge in [0.25, 0.3) is 0 Å². The Morgan fingerprint density at radius 1 is 1.03 bits per heavy atom. The lowest BCUT2D eigenvalue weighted by Gasteiger charge is -2.31. The molecule has 0 amide bonds. The van der Waals surface area contributed by atoms with E-state index in [9.17, 15) is 0 Å². The van der Waals surface area contributed by atoms with Crippen LogP contribution in [0.2, 0.25) is 0 Å². The molecule has 31 heavy (non-hydrogen) atoms. The molecule has 0 bridgehead atoms. The quantitative estimate of drug-likeness (QED) is 0.598. The molecule has 2 aromatic rings. The van der Waals surface area contributed by atoms with E-state index in [4.69, 9.17) is 26.7 Å². The molecular weight excluding hydrogens is 410 g/mol. The van der Waals surface area contributed by atoms with Crippen LogP contribution in [0, 0.1) is 13.8 Å². The molecule has 0 atom stereocenters. The van der Waals surface area contributed by atoms with Gasteiger partial charge in [-0.15, -0.1) is 0 Å². The minimum atomic E-state index is 0.361. The smallest absolute Gasteiger partial charge is 0.225 e. The van der Waals surface area contributed by atoms with Crippen molar-refractivity contribution in [1.82, 2.24) is 20.4 Å². The second-order valence-electron chi connectivity index (χ2n) is 8.89. The molecule has 4 rings (SSSR count). The molecule has 0 aromatic carbocycles. The summed E-state index contributed by atoms with van der Waals surface area (Å²) >= 11 is 5.50. The van der Waals surface area contributed by atoms with E-state index in [2.05, 4.69) is 40.1 Å². The van der Waals surface area contributed by atoms with Crippen LogP contribution in [-0.2, 0) is 12.8 Å². The van der Waals surface area contributed by atoms with E-state index < -0.39 is 0 Å². The van der Waals surface area contributed by atoms with E-state index >= 15 is 0 Å². The van der Waals surface area contributed by atoms with Crippen LogP contribution < -0.4 is 20.9 Å². The molecule has 2 aliphatic rings. The minimum Gasteiger partial charge on any atom is -0.362 e. The third-order valence-electron chi connectivity index (χ3n) is 6.25. The summed E-state index contributed by atoms with van der Waals surface area (Å²) in [6, 6.07) is 0.749. The summed E-state index contributed by atoms with van der Waals surface area (Å²) in [5.41, 5.74) is 4.22. The Balaban J connectivity index is 1.31. The van der Waals surface area contributed by atoms with Crippen molar-refractivity contribution >= 4 is 34.8 Å². The van der Waals surface area contributed by atoms with E-state index in [0.29, 0.717) is 17.2 Å². The number of thiocarbonyl (C=S) groups is 1. The van der Waals surface area contributed by atoms with Crippen LogP contribution in [0.4, 0.5) is 17.5 Å². The SMILES string of the molecule is Cc1noc(C)c1NC(=S)NC1CCC(Nc2nc3c(c(N(C)C)n2)CCCC3)CC1. The monoisotopic (exact) mass is 443 g/mol. The number of aryl methyl sites for hydroxylation is 3. The second-order valence-corrected chi connectivity index (χ2v) is 9.30. The van der Waals surface area contributed by atoms with Gasteiger partial charge in [-0.2, -0.15) is 4.98 Å². The van der Waals surface area contributed by atoms with Crippen molar-refractivity contribution in [2.75, 3.05) is 29.6 Å². The molecule has 3 N–H and O–H groups in total. The minimum absolute atomic E-state index is 0.361. The summed E-state index contributed by atoms with van der Waals surface area (Å²) in [6.45, 7) is 3.79. The summed E-state index contributed by atoms with van der Waals surface area (Å²) < 4.78 is 5.19. The normalized spacial score (nSPS) is 20.6. The molecule has 2 heterocycles. The molecule has 0 radical (unpaired) electrons. The fraction of sp³-hybridized carbons (Fsp3) is 0.636. The van der Waals surface area contributed by atoms with Crippen molar-refractivity contribution in [3.8, 4) is 0 Å². The first kappa shape index (κ1) is 21.8. The Bertz CT molecular complexity index is 915. The fourth-order valence-electron chi connectivity index (χ4n) is 4.57. The van der Waals surface area contributed by atoms with Crippen LogP contribution in [0.5, 0.6) is 0 Å². The third kappa shape index (κ3) is 5.08. The van der Waals surface area contributed by atoms with Crippen molar-refractivity contribution in [2.45, 2.75) is 77.3 Å². The first-order chi connectivity index (χ1) is 14.9. The second kappa shape index (κ2) is 9.38. The summed E-state index contributed by atoms with van der Waals surface area (Å²) in [5, 5.41) is 14.9. The van der Waals surface area contributed by atoms with Gasteiger partial charge in [-0.1, -0.05) is 5.16 Å². The van der Waals surface area contributed by atoms with Gasteiger partial charge in [0.05, 0.1) is 5.69 Å². The largest absolute Gasteiger partial charge is 0.362 e. The molecule has 0 saturated heterocycles. The highest BCUT2D eigenvalue weighted by Gasteiger charge is 2.24. The van der Waals surface area contributed by atoms with E-state index in [0.717, 1.165) is 67.4 Å². The van der Waals surface area contributed by atoms with Gasteiger partial charge >= 0.3 is 0 Å². The highest BCUT2D eigenvalue weighted by Crippen LogP contribution is 2.29. The predicted molar refractivity (Wildman–Crippen MR) is 128 cm³/mol. The van der Waals surface area contributed by atoms with Crippen LogP contribution in [0.1, 0.15) is 61.2 Å². The number of aromatic nitrogens is 3. The Kier molecular flexibility index (Phi) is 6.60. The molecule has 8 nitrogen and oxygen atoms in total. The van der Waals surface area contributed by atoms with Gasteiger partial charge in [0, 0.05) is 31.7 Å². The maximum absolute atomic E-state index is 5.50. The molecule has 1 fully saturated rings. The van der Waals surface area contributed by atoms with E-state index in [1.54, 1.807) is 0 Å². The summed E-state index contributed by atoms with van der Waals surface area (Å²) in [7, 11) is 4.13. The Hall–Kier alpha value is -2.42. The number of anilines is 3. The number of fused-ring (bicyclic) bond motifs is 1. The highest BCUT2D eigenvalue weighted by molar-refractivity contribution is 7.80. The lowest BCUT2D eigenvalue weighted by molar-refractivity contribution is 0.387. The third-order valence-corrected chi connectivity index (χ3v) is 6.47. The summed E-state index contributed by atoms with van der Waals surface area (Å²) in [6.07, 6.45) is 8.80. The van der Waals surface area contributed by atoms with Crippen LogP contribution in [0.3, 0.4) is 0 Å². The molecule has 168 valence electrons. The van der Waals surface area contributed by atoms with Crippen LogP contribution >= 0.6 is 12.2 Å². The van der Waals surface area contributed by atoms with Gasteiger partial charge < -0.3 is 25.4 Å². The summed E-state index contributed by atoms with van der Waals surface area (Å²) in [5.74, 6) is 2.59. The predicted octanol–water partition coefficient (Wildman–Crippen LogP) is 3.74. The van der Waals surface area contributed by atoms with E-state index in [-0.39, 0.29) is 0 Å². The molecule has 0 spiro atoms. The van der Waals surface area contributed by atoms with E-state index in [1.807, 2.05) is 13.8 Å². The molecule has 2 aromatic heterocycles. The fourth-order valence-corrected chi connectivity index (χ4v) is 4.84. The van der Waals surface area contributed by atoms with Gasteiger partial charge in [0.2, 0.25) is 5.95 Å². The zero-order chi connectivity index (χ0) is 22.0. The Morgan fingerprint density at radius 2 is 1.74 bits per heavy atom. The van der Waals surface area contributed by atoms with Gasteiger partial charge in [0.1, 0.15) is 17.2 Å². The highest BCUT2D eigenvalue weighted by atomic mass is 32.1. The molecule has 2 aliphatic carbocycles. The van der Waals surface area contributed by atoms with Gasteiger partial charge in [-0.05, 0) is 77.4 Å². The number of rotatable bonds is 5. The van der Waals surface area contributed by atoms with Crippen molar-refractivity contribution in [1.29, 1.82) is 0 Å². The lowest BCUT2D eigenvalue weighted by atomic mass is 9.91. The average molecular weight is 444 g/mol. The maximum atomic E-state index is 5.50. The standard InChI is InChI=1S/C22H33N7OS/c1-13-19(14(2)30-28-13)26-22(31)24-16-11-9-15(10-12-16)23-21-25-18-8-6-5-7-17(18)20(27-21)29(3)4/h15-16H,5-12H2,1-4H3,(H,23,25,27)(H2,24,26,31). The van der Waals surface area contributed by atoms with E-state index in [1.165, 1.54) is 24.1 Å². The number of hydrogen-bond acceptors (Lipinski definition) is 7.